The van der Waals surface area contributed by atoms with Crippen LogP contribution in [0.2, 0.25) is 0 Å². The van der Waals surface area contributed by atoms with Gasteiger partial charge in [-0.2, -0.15) is 8.78 Å². The molecule has 0 unspecified atom stereocenters. The Bertz CT molecular complexity index is 114. The van der Waals surface area contributed by atoms with Gasteiger partial charge >= 0.3 is 0 Å². The van der Waals surface area contributed by atoms with Crippen molar-refractivity contribution in [2.45, 2.75) is 0 Å². The summed E-state index contributed by atoms with van der Waals surface area (Å²) in [6.07, 6.45) is -0.0429. The number of allylic oxidation sites excluding steroid dienone is 2. The van der Waals surface area contributed by atoms with Crippen LogP contribution in [0, 0.1) is 0 Å². The van der Waals surface area contributed by atoms with Crippen molar-refractivity contribution in [2.24, 2.45) is 0 Å². The van der Waals surface area contributed by atoms with Gasteiger partial charge in [0.2, 0.25) is 0 Å². The Hall–Kier alpha value is -0.880. The zero-order valence-electron chi connectivity index (χ0n) is 3.62. The SMILES string of the molecule is C=C=CC=C(F)F. The highest BCUT2D eigenvalue weighted by Crippen LogP contribution is 1.94. The lowest BCUT2D eigenvalue weighted by atomic mass is 10.6. The van der Waals surface area contributed by atoms with E-state index in [0.29, 0.717) is 6.08 Å². The largest absolute Gasteiger partial charge is 0.270 e. The second-order valence-electron chi connectivity index (χ2n) is 0.827. The van der Waals surface area contributed by atoms with Gasteiger partial charge in [0.25, 0.3) is 6.08 Å². The third-order valence-corrected chi connectivity index (χ3v) is 0.327. The van der Waals surface area contributed by atoms with Crippen molar-refractivity contribution >= 4 is 0 Å². The van der Waals surface area contributed by atoms with E-state index in [4.69, 9.17) is 0 Å². The van der Waals surface area contributed by atoms with E-state index in [1.165, 1.54) is 0 Å². The van der Waals surface area contributed by atoms with Crippen LogP contribution in [0.3, 0.4) is 0 Å². The molecule has 0 amide bonds. The Morgan fingerprint density at radius 1 is 1.57 bits per heavy atom. The summed E-state index contributed by atoms with van der Waals surface area (Å²) in [6, 6.07) is 0. The number of rotatable bonds is 1. The average molecular weight is 102 g/mol. The molecule has 0 aliphatic carbocycles. The molecule has 0 aliphatic rings. The van der Waals surface area contributed by atoms with E-state index < -0.39 is 6.08 Å². The first-order chi connectivity index (χ1) is 3.27. The molecule has 0 atom stereocenters. The van der Waals surface area contributed by atoms with Crippen LogP contribution < -0.4 is 0 Å². The smallest absolute Gasteiger partial charge is 0.173 e. The van der Waals surface area contributed by atoms with Gasteiger partial charge in [-0.3, -0.25) is 0 Å². The van der Waals surface area contributed by atoms with E-state index in [-0.39, 0.29) is 0 Å². The molecular weight excluding hydrogens is 98.1 g/mol. The molecule has 2 heteroatoms. The standard InChI is InChI=1S/C5H4F2/c1-2-3-4-5(6)7/h3-4H,1H2. The third kappa shape index (κ3) is 5.12. The maximum atomic E-state index is 11.0. The first-order valence-electron chi connectivity index (χ1n) is 1.64. The molecule has 0 nitrogen and oxygen atoms in total. The second kappa shape index (κ2) is 3.32. The molecule has 0 heterocycles. The van der Waals surface area contributed by atoms with Crippen molar-refractivity contribution in [1.82, 2.24) is 0 Å². The lowest BCUT2D eigenvalue weighted by Gasteiger charge is -1.66. The Balaban J connectivity index is 3.69. The van der Waals surface area contributed by atoms with Crippen LogP contribution in [-0.4, -0.2) is 0 Å². The van der Waals surface area contributed by atoms with Crippen LogP contribution in [0.5, 0.6) is 0 Å². The number of halogens is 2. The Kier molecular flexibility index (Phi) is 2.90. The molecule has 38 valence electrons. The minimum Gasteiger partial charge on any atom is -0.173 e. The molecule has 0 radical (unpaired) electrons. The van der Waals surface area contributed by atoms with Crippen molar-refractivity contribution in [1.29, 1.82) is 0 Å². The zero-order valence-corrected chi connectivity index (χ0v) is 3.62. The topological polar surface area (TPSA) is 0 Å². The molecule has 0 saturated heterocycles. The first kappa shape index (κ1) is 6.12. The van der Waals surface area contributed by atoms with Crippen molar-refractivity contribution in [3.05, 3.63) is 30.5 Å². The van der Waals surface area contributed by atoms with E-state index in [0.717, 1.165) is 6.08 Å². The quantitative estimate of drug-likeness (QED) is 0.351. The maximum absolute atomic E-state index is 11.0. The van der Waals surface area contributed by atoms with E-state index in [9.17, 15) is 8.78 Å². The fourth-order valence-electron chi connectivity index (χ4n) is 0.122. The van der Waals surface area contributed by atoms with Crippen LogP contribution in [0.15, 0.2) is 30.5 Å². The highest BCUT2D eigenvalue weighted by atomic mass is 19.3. The van der Waals surface area contributed by atoms with Crippen molar-refractivity contribution < 1.29 is 8.78 Å². The lowest BCUT2D eigenvalue weighted by Crippen LogP contribution is -1.48. The summed E-state index contributed by atoms with van der Waals surface area (Å²) in [4.78, 5) is 0. The zero-order chi connectivity index (χ0) is 5.70. The summed E-state index contributed by atoms with van der Waals surface area (Å²) in [5, 5.41) is 0. The van der Waals surface area contributed by atoms with Crippen LogP contribution in [-0.2, 0) is 0 Å². The molecule has 0 aromatic carbocycles. The molecule has 0 fully saturated rings. The molecule has 0 saturated carbocycles. The molecule has 0 aliphatic heterocycles. The number of hydrogen-bond acceptors (Lipinski definition) is 0. The van der Waals surface area contributed by atoms with Gasteiger partial charge in [0, 0.05) is 6.08 Å². The van der Waals surface area contributed by atoms with E-state index >= 15 is 0 Å². The summed E-state index contributed by atoms with van der Waals surface area (Å²) in [5.74, 6) is 0. The number of hydrogen-bond donors (Lipinski definition) is 0. The van der Waals surface area contributed by atoms with Gasteiger partial charge in [0.05, 0.1) is 0 Å². The van der Waals surface area contributed by atoms with Gasteiger partial charge in [0.15, 0.2) is 0 Å². The first-order valence-corrected chi connectivity index (χ1v) is 1.64. The summed E-state index contributed by atoms with van der Waals surface area (Å²) >= 11 is 0. The molecule has 0 aromatic rings. The third-order valence-electron chi connectivity index (χ3n) is 0.327. The molecule has 7 heavy (non-hydrogen) atoms. The van der Waals surface area contributed by atoms with Gasteiger partial charge < -0.3 is 0 Å². The molecule has 0 spiro atoms. The van der Waals surface area contributed by atoms with Gasteiger partial charge in [-0.15, -0.1) is 5.73 Å². The predicted molar refractivity (Wildman–Crippen MR) is 24.0 cm³/mol. The fourth-order valence-corrected chi connectivity index (χ4v) is 0.122. The normalized spacial score (nSPS) is 6.57. The molecule has 0 N–H and O–H groups in total. The molecule has 0 rings (SSSR count). The van der Waals surface area contributed by atoms with Crippen LogP contribution >= 0.6 is 0 Å². The summed E-state index contributed by atoms with van der Waals surface area (Å²) in [6.45, 7) is 3.07. The lowest BCUT2D eigenvalue weighted by molar-refractivity contribution is 0.422. The second-order valence-corrected chi connectivity index (χ2v) is 0.827. The van der Waals surface area contributed by atoms with Gasteiger partial charge in [-0.25, -0.2) is 0 Å². The van der Waals surface area contributed by atoms with Gasteiger partial charge in [-0.1, -0.05) is 6.58 Å². The highest BCUT2D eigenvalue weighted by molar-refractivity contribution is 4.99. The van der Waals surface area contributed by atoms with E-state index in [1.54, 1.807) is 0 Å². The van der Waals surface area contributed by atoms with Crippen LogP contribution in [0.4, 0.5) is 8.78 Å². The summed E-state index contributed by atoms with van der Waals surface area (Å²) < 4.78 is 22.0. The Morgan fingerprint density at radius 2 is 2.14 bits per heavy atom. The van der Waals surface area contributed by atoms with Crippen LogP contribution in [0.1, 0.15) is 0 Å². The minimum atomic E-state index is -1.73. The maximum Gasteiger partial charge on any atom is 0.270 e. The Labute approximate surface area is 40.5 Å². The monoisotopic (exact) mass is 102 g/mol. The van der Waals surface area contributed by atoms with Crippen molar-refractivity contribution in [3.8, 4) is 0 Å². The summed E-state index contributed by atoms with van der Waals surface area (Å²) in [5.41, 5.74) is 2.17. The molecule has 0 bridgehead atoms. The van der Waals surface area contributed by atoms with Crippen LogP contribution in [0.25, 0.3) is 0 Å². The van der Waals surface area contributed by atoms with Crippen molar-refractivity contribution in [2.75, 3.05) is 0 Å². The summed E-state index contributed by atoms with van der Waals surface area (Å²) in [7, 11) is 0. The van der Waals surface area contributed by atoms with E-state index in [1.807, 2.05) is 0 Å². The predicted octanol–water partition coefficient (Wildman–Crippen LogP) is 2.11. The average Bonchev–Trinajstić information content (AvgIpc) is 1.61. The Morgan fingerprint density at radius 3 is 2.29 bits per heavy atom. The minimum absolute atomic E-state index is 0.632. The highest BCUT2D eigenvalue weighted by Gasteiger charge is 1.77. The van der Waals surface area contributed by atoms with E-state index in [2.05, 4.69) is 12.3 Å². The van der Waals surface area contributed by atoms with Gasteiger partial charge in [-0.05, 0) is 6.08 Å². The molecule has 0 aromatic heterocycles. The van der Waals surface area contributed by atoms with Gasteiger partial charge in [0.1, 0.15) is 0 Å². The molecular formula is C5H4F2. The fraction of sp³-hybridized carbons (Fsp3) is 0. The van der Waals surface area contributed by atoms with Crippen molar-refractivity contribution in [3.63, 3.8) is 0 Å².